The lowest BCUT2D eigenvalue weighted by Gasteiger charge is -2.09. The smallest absolute Gasteiger partial charge is 0.133 e. The Hall–Kier alpha value is -0.940. The molecule has 0 aromatic carbocycles. The molecule has 0 bridgehead atoms. The van der Waals surface area contributed by atoms with Crippen LogP contribution in [0.5, 0.6) is 0 Å². The zero-order valence-electron chi connectivity index (χ0n) is 9.19. The van der Waals surface area contributed by atoms with E-state index in [1.165, 1.54) is 0 Å². The molecule has 5 nitrogen and oxygen atoms in total. The zero-order valence-corrected chi connectivity index (χ0v) is 9.19. The van der Waals surface area contributed by atoms with Crippen molar-refractivity contribution in [3.63, 3.8) is 0 Å². The molecular formula is C9H19N5. The number of nitrogens with zero attached hydrogens (tertiary/aromatic N) is 4. The Morgan fingerprint density at radius 3 is 2.79 bits per heavy atom. The average molecular weight is 197 g/mol. The van der Waals surface area contributed by atoms with Crippen LogP contribution in [0.25, 0.3) is 0 Å². The molecule has 0 aliphatic heterocycles. The summed E-state index contributed by atoms with van der Waals surface area (Å²) in [6.45, 7) is 3.05. The first-order chi connectivity index (χ1) is 6.70. The van der Waals surface area contributed by atoms with Gasteiger partial charge >= 0.3 is 0 Å². The predicted molar refractivity (Wildman–Crippen MR) is 56.1 cm³/mol. The van der Waals surface area contributed by atoms with E-state index < -0.39 is 0 Å². The van der Waals surface area contributed by atoms with Gasteiger partial charge in [-0.1, -0.05) is 0 Å². The van der Waals surface area contributed by atoms with Crippen LogP contribution in [0.4, 0.5) is 0 Å². The maximum absolute atomic E-state index is 4.01. The zero-order chi connectivity index (χ0) is 10.4. The number of likely N-dealkylation sites (N-methyl/N-ethyl adjacent to an activating group) is 1. The van der Waals surface area contributed by atoms with E-state index in [9.17, 15) is 0 Å². The van der Waals surface area contributed by atoms with E-state index in [1.54, 1.807) is 6.33 Å². The standard InChI is InChI=1S/C9H19N5/c1-13(2)7-6-10-5-4-9-12-11-8-14(9)3/h8,10H,4-7H2,1-3H3. The highest BCUT2D eigenvalue weighted by Gasteiger charge is 1.98. The number of aromatic nitrogens is 3. The van der Waals surface area contributed by atoms with Crippen molar-refractivity contribution >= 4 is 0 Å². The predicted octanol–water partition coefficient (Wildman–Crippen LogP) is -0.491. The summed E-state index contributed by atoms with van der Waals surface area (Å²) in [5.41, 5.74) is 0. The normalized spacial score (nSPS) is 11.1. The van der Waals surface area contributed by atoms with E-state index in [2.05, 4.69) is 34.5 Å². The van der Waals surface area contributed by atoms with Crippen LogP contribution in [0.2, 0.25) is 0 Å². The molecule has 1 aromatic heterocycles. The SMILES string of the molecule is CN(C)CCNCCc1nncn1C. The number of nitrogens with one attached hydrogen (secondary N) is 1. The quantitative estimate of drug-likeness (QED) is 0.625. The van der Waals surface area contributed by atoms with E-state index in [0.29, 0.717) is 0 Å². The highest BCUT2D eigenvalue weighted by molar-refractivity contribution is 4.84. The summed E-state index contributed by atoms with van der Waals surface area (Å²) in [5.74, 6) is 1.03. The molecule has 1 N–H and O–H groups in total. The second kappa shape index (κ2) is 5.72. The Bertz CT molecular complexity index is 255. The van der Waals surface area contributed by atoms with Crippen LogP contribution in [0.15, 0.2) is 6.33 Å². The Balaban J connectivity index is 2.08. The average Bonchev–Trinajstić information content (AvgIpc) is 2.51. The monoisotopic (exact) mass is 197 g/mol. The number of hydrogen-bond acceptors (Lipinski definition) is 4. The molecule has 0 unspecified atom stereocenters. The van der Waals surface area contributed by atoms with E-state index >= 15 is 0 Å². The number of hydrogen-bond donors (Lipinski definition) is 1. The van der Waals surface area contributed by atoms with Gasteiger partial charge < -0.3 is 14.8 Å². The Labute approximate surface area is 85.1 Å². The lowest BCUT2D eigenvalue weighted by atomic mass is 10.4. The van der Waals surface area contributed by atoms with Crippen molar-refractivity contribution in [1.29, 1.82) is 0 Å². The fraction of sp³-hybridized carbons (Fsp3) is 0.778. The van der Waals surface area contributed by atoms with Gasteiger partial charge in [0.25, 0.3) is 0 Å². The molecule has 0 radical (unpaired) electrons. The van der Waals surface area contributed by atoms with Crippen LogP contribution in [0.3, 0.4) is 0 Å². The van der Waals surface area contributed by atoms with Gasteiger partial charge in [0.2, 0.25) is 0 Å². The van der Waals surface area contributed by atoms with Crippen molar-refractivity contribution < 1.29 is 0 Å². The summed E-state index contributed by atoms with van der Waals surface area (Å²) < 4.78 is 1.95. The Morgan fingerprint density at radius 2 is 2.21 bits per heavy atom. The first kappa shape index (κ1) is 11.1. The summed E-state index contributed by atoms with van der Waals surface area (Å²) in [6.07, 6.45) is 2.67. The lowest BCUT2D eigenvalue weighted by molar-refractivity contribution is 0.400. The summed E-state index contributed by atoms with van der Waals surface area (Å²) in [7, 11) is 6.11. The van der Waals surface area contributed by atoms with Crippen LogP contribution in [0.1, 0.15) is 5.82 Å². The fourth-order valence-electron chi connectivity index (χ4n) is 1.16. The summed E-state index contributed by atoms with van der Waals surface area (Å²) in [6, 6.07) is 0. The van der Waals surface area contributed by atoms with Gasteiger partial charge in [0.15, 0.2) is 0 Å². The minimum atomic E-state index is 0.934. The maximum Gasteiger partial charge on any atom is 0.133 e. The molecule has 5 heteroatoms. The first-order valence-electron chi connectivity index (χ1n) is 4.88. The van der Waals surface area contributed by atoms with Gasteiger partial charge in [-0.25, -0.2) is 0 Å². The van der Waals surface area contributed by atoms with Crippen LogP contribution in [0, 0.1) is 0 Å². The van der Waals surface area contributed by atoms with Gasteiger partial charge in [0, 0.05) is 33.1 Å². The van der Waals surface area contributed by atoms with Gasteiger partial charge in [0.05, 0.1) is 0 Å². The van der Waals surface area contributed by atoms with Crippen LogP contribution in [-0.4, -0.2) is 53.4 Å². The molecule has 1 aromatic rings. The summed E-state index contributed by atoms with van der Waals surface area (Å²) in [5, 5.41) is 11.2. The second-order valence-electron chi connectivity index (χ2n) is 3.66. The van der Waals surface area contributed by atoms with Crippen molar-refractivity contribution in [1.82, 2.24) is 25.0 Å². The molecule has 0 saturated heterocycles. The van der Waals surface area contributed by atoms with Gasteiger partial charge in [-0.3, -0.25) is 0 Å². The first-order valence-corrected chi connectivity index (χ1v) is 4.88. The third-order valence-corrected chi connectivity index (χ3v) is 2.07. The number of aryl methyl sites for hydroxylation is 1. The van der Waals surface area contributed by atoms with Gasteiger partial charge in [-0.15, -0.1) is 10.2 Å². The maximum atomic E-state index is 4.01. The van der Waals surface area contributed by atoms with E-state index in [4.69, 9.17) is 0 Å². The van der Waals surface area contributed by atoms with Crippen LogP contribution < -0.4 is 5.32 Å². The van der Waals surface area contributed by atoms with Crippen molar-refractivity contribution in [3.05, 3.63) is 12.2 Å². The Kier molecular flexibility index (Phi) is 4.55. The molecule has 80 valence electrons. The Morgan fingerprint density at radius 1 is 1.43 bits per heavy atom. The summed E-state index contributed by atoms with van der Waals surface area (Å²) >= 11 is 0. The molecule has 0 fully saturated rings. The second-order valence-corrected chi connectivity index (χ2v) is 3.66. The molecule has 0 saturated carbocycles. The summed E-state index contributed by atoms with van der Waals surface area (Å²) in [4.78, 5) is 2.16. The molecular weight excluding hydrogens is 178 g/mol. The molecule has 0 aliphatic rings. The van der Waals surface area contributed by atoms with Crippen LogP contribution >= 0.6 is 0 Å². The molecule has 14 heavy (non-hydrogen) atoms. The van der Waals surface area contributed by atoms with Crippen molar-refractivity contribution in [2.24, 2.45) is 7.05 Å². The van der Waals surface area contributed by atoms with Gasteiger partial charge in [-0.2, -0.15) is 0 Å². The van der Waals surface area contributed by atoms with Crippen molar-refractivity contribution in [3.8, 4) is 0 Å². The molecule has 0 amide bonds. The third-order valence-electron chi connectivity index (χ3n) is 2.07. The van der Waals surface area contributed by atoms with Crippen molar-refractivity contribution in [2.75, 3.05) is 33.7 Å². The fourth-order valence-corrected chi connectivity index (χ4v) is 1.16. The third kappa shape index (κ3) is 3.85. The van der Waals surface area contributed by atoms with Gasteiger partial charge in [0.1, 0.15) is 12.2 Å². The molecule has 0 atom stereocenters. The molecule has 1 heterocycles. The molecule has 1 rings (SSSR count). The van der Waals surface area contributed by atoms with Crippen LogP contribution in [-0.2, 0) is 13.5 Å². The van der Waals surface area contributed by atoms with E-state index in [0.717, 1.165) is 31.9 Å². The topological polar surface area (TPSA) is 46.0 Å². The highest BCUT2D eigenvalue weighted by atomic mass is 15.2. The van der Waals surface area contributed by atoms with E-state index in [1.807, 2.05) is 11.6 Å². The van der Waals surface area contributed by atoms with E-state index in [-0.39, 0.29) is 0 Å². The highest BCUT2D eigenvalue weighted by Crippen LogP contribution is 1.90. The molecule has 0 spiro atoms. The van der Waals surface area contributed by atoms with Crippen molar-refractivity contribution in [2.45, 2.75) is 6.42 Å². The minimum Gasteiger partial charge on any atom is -0.321 e. The largest absolute Gasteiger partial charge is 0.321 e. The minimum absolute atomic E-state index is 0.934. The van der Waals surface area contributed by atoms with Gasteiger partial charge in [-0.05, 0) is 14.1 Å². The molecule has 0 aliphatic carbocycles. The number of rotatable bonds is 6. The lowest BCUT2D eigenvalue weighted by Crippen LogP contribution is -2.28.